The van der Waals surface area contributed by atoms with E-state index >= 15 is 0 Å². The largest absolute Gasteiger partial charge is 0.414 e. The van der Waals surface area contributed by atoms with Gasteiger partial charge in [0.15, 0.2) is 39.6 Å². The maximum atomic E-state index is 7.50. The van der Waals surface area contributed by atoms with Crippen molar-refractivity contribution in [2.75, 3.05) is 46.2 Å². The molecule has 0 spiro atoms. The summed E-state index contributed by atoms with van der Waals surface area (Å²) >= 11 is 0. The molecule has 11 nitrogen and oxygen atoms in total. The van der Waals surface area contributed by atoms with Crippen molar-refractivity contribution in [2.45, 2.75) is 186 Å². The Kier molecular flexibility index (Phi) is 17.9. The molecule has 1 N–H and O–H groups in total. The van der Waals surface area contributed by atoms with Gasteiger partial charge in [-0.2, -0.15) is 0 Å². The van der Waals surface area contributed by atoms with Gasteiger partial charge in [0.2, 0.25) is 4.91 Å². The van der Waals surface area contributed by atoms with Crippen molar-refractivity contribution in [1.29, 1.82) is 5.53 Å². The van der Waals surface area contributed by atoms with Gasteiger partial charge < -0.3 is 36.7 Å². The van der Waals surface area contributed by atoms with Crippen LogP contribution in [0.25, 0.3) is 0 Å². The molecule has 1 rings (SSSR count). The molecule has 5 unspecified atom stereocenters. The number of hydrogen-bond acceptors (Lipinski definition) is 10. The smallest absolute Gasteiger partial charge is 0.214 e. The molecule has 0 aromatic carbocycles. The van der Waals surface area contributed by atoms with E-state index in [1.165, 1.54) is 0 Å². The fraction of sp³-hybridized carbons (Fsp3) is 1.00. The normalized spacial score (nSPS) is 23.3. The molecular weight excluding hydrogens is 715 g/mol. The summed E-state index contributed by atoms with van der Waals surface area (Å²) in [6.07, 6.45) is -2.51. The Bertz CT molecular complexity index is 1110. The summed E-state index contributed by atoms with van der Waals surface area (Å²) in [5.74, 6) is 0. The Morgan fingerprint density at radius 1 is 0.549 bits per heavy atom. The third kappa shape index (κ3) is 14.5. The monoisotopic (exact) mass is 795 g/mol. The molecule has 0 aromatic heterocycles. The first-order valence-corrected chi connectivity index (χ1v) is 30.6. The Morgan fingerprint density at radius 3 is 1.37 bits per heavy atom. The second-order valence-corrected chi connectivity index (χ2v) is 39.3. The maximum Gasteiger partial charge on any atom is 0.214 e. The first-order chi connectivity index (χ1) is 22.8. The Labute approximate surface area is 317 Å². The Balaban J connectivity index is 3.71. The van der Waals surface area contributed by atoms with Crippen LogP contribution in [0, 0.1) is 5.53 Å². The molecule has 51 heavy (non-hydrogen) atoms. The van der Waals surface area contributed by atoms with E-state index in [1.807, 2.05) is 0 Å². The lowest BCUT2D eigenvalue weighted by Crippen LogP contribution is -2.68. The van der Waals surface area contributed by atoms with Crippen molar-refractivity contribution in [3.63, 3.8) is 0 Å². The van der Waals surface area contributed by atoms with Crippen LogP contribution in [-0.4, -0.2) is 110 Å². The standard InChI is InChI=1S/C36H80N3O8Si4/c1-33(2,3)48(13,14)43-27-28-29(45-49(15,16)34(4,5)6)30(46-50(17,18)35(7,8)9)31(47-51(19,20)36(10,11)12)32(44-28)42-26-25-41-24-23-40-22-21-38-39-37/h28-32,37H,21-27H2,1-20H3/q+1. The minimum atomic E-state index is -2.37. The summed E-state index contributed by atoms with van der Waals surface area (Å²) < 4.78 is 54.2. The average molecular weight is 795 g/mol. The molecule has 1 fully saturated rings. The Hall–Kier alpha value is -0.142. The molecule has 1 heterocycles. The fourth-order valence-electron chi connectivity index (χ4n) is 4.31. The number of ether oxygens (including phenoxy) is 4. The highest BCUT2D eigenvalue weighted by atomic mass is 28.4. The number of nitrogens with one attached hydrogen (secondary N) is 1. The SMILES string of the molecule is CC(C)(C)[Si](C)(C)OCC1OC(OCCOCCOCCN=[N+]=N)C(O[Si](C)(C)C(C)(C)C)C(O[Si](C)(C)C(C)(C)C)C1O[Si](C)(C)C(C)(C)C. The van der Waals surface area contributed by atoms with E-state index in [0.29, 0.717) is 46.2 Å². The zero-order chi connectivity index (χ0) is 39.9. The fourth-order valence-corrected chi connectivity index (χ4v) is 9.22. The second kappa shape index (κ2) is 18.7. The highest BCUT2D eigenvalue weighted by Crippen LogP contribution is 2.46. The van der Waals surface area contributed by atoms with Crippen molar-refractivity contribution >= 4 is 33.3 Å². The first-order valence-electron chi connectivity index (χ1n) is 18.9. The van der Waals surface area contributed by atoms with Crippen LogP contribution in [0.5, 0.6) is 0 Å². The van der Waals surface area contributed by atoms with Gasteiger partial charge in [0.25, 0.3) is 0 Å². The summed E-state index contributed by atoms with van der Waals surface area (Å²) in [6, 6.07) is 0. The lowest BCUT2D eigenvalue weighted by atomic mass is 9.99. The van der Waals surface area contributed by atoms with Crippen LogP contribution in [0.4, 0.5) is 0 Å². The predicted molar refractivity (Wildman–Crippen MR) is 218 cm³/mol. The van der Waals surface area contributed by atoms with E-state index in [2.05, 4.69) is 145 Å². The third-order valence-corrected chi connectivity index (χ3v) is 29.9. The van der Waals surface area contributed by atoms with Gasteiger partial charge in [-0.25, -0.2) is 0 Å². The van der Waals surface area contributed by atoms with Crippen LogP contribution < -0.4 is 4.91 Å². The summed E-state index contributed by atoms with van der Waals surface area (Å²) in [6.45, 7) is 48.2. The lowest BCUT2D eigenvalue weighted by molar-refractivity contribution is -0.293. The molecule has 0 saturated carbocycles. The Morgan fingerprint density at radius 2 is 0.941 bits per heavy atom. The van der Waals surface area contributed by atoms with Crippen molar-refractivity contribution in [3.8, 4) is 0 Å². The van der Waals surface area contributed by atoms with Crippen LogP contribution in [0.3, 0.4) is 0 Å². The van der Waals surface area contributed by atoms with Gasteiger partial charge in [-0.15, -0.1) is 0 Å². The van der Waals surface area contributed by atoms with E-state index in [9.17, 15) is 0 Å². The summed E-state index contributed by atoms with van der Waals surface area (Å²) in [7, 11) is -9.21. The van der Waals surface area contributed by atoms with E-state index in [1.54, 1.807) is 0 Å². The van der Waals surface area contributed by atoms with Crippen molar-refractivity contribution in [1.82, 2.24) is 4.91 Å². The molecule has 1 saturated heterocycles. The highest BCUT2D eigenvalue weighted by molar-refractivity contribution is 6.75. The van der Waals surface area contributed by atoms with Gasteiger partial charge in [-0.05, 0) is 72.5 Å². The van der Waals surface area contributed by atoms with Crippen LogP contribution in [-0.2, 0) is 36.7 Å². The average Bonchev–Trinajstić information content (AvgIpc) is 2.93. The van der Waals surface area contributed by atoms with Crippen LogP contribution in [0.1, 0.15) is 83.1 Å². The predicted octanol–water partition coefficient (Wildman–Crippen LogP) is 9.50. The second-order valence-electron chi connectivity index (χ2n) is 20.2. The van der Waals surface area contributed by atoms with Gasteiger partial charge in [0.05, 0.1) is 39.6 Å². The van der Waals surface area contributed by atoms with Crippen molar-refractivity contribution in [3.05, 3.63) is 0 Å². The quantitative estimate of drug-likeness (QED) is 0.0594. The molecule has 1 aliphatic rings. The van der Waals surface area contributed by atoms with Gasteiger partial charge in [0.1, 0.15) is 41.6 Å². The van der Waals surface area contributed by atoms with Gasteiger partial charge >= 0.3 is 0 Å². The van der Waals surface area contributed by atoms with Crippen LogP contribution in [0.15, 0.2) is 5.11 Å². The minimum Gasteiger partial charge on any atom is -0.414 e. The molecule has 1 aliphatic heterocycles. The zero-order valence-corrected chi connectivity index (χ0v) is 40.5. The third-order valence-electron chi connectivity index (χ3n) is 12.0. The molecule has 302 valence electrons. The first kappa shape index (κ1) is 48.9. The highest BCUT2D eigenvalue weighted by Gasteiger charge is 2.57. The molecule has 0 bridgehead atoms. The molecule has 15 heteroatoms. The van der Waals surface area contributed by atoms with E-state index in [4.69, 9.17) is 42.2 Å². The van der Waals surface area contributed by atoms with Crippen molar-refractivity contribution in [2.24, 2.45) is 5.11 Å². The molecule has 0 aromatic rings. The summed E-state index contributed by atoms with van der Waals surface area (Å²) in [5.41, 5.74) is 6.75. The zero-order valence-electron chi connectivity index (χ0n) is 36.5. The van der Waals surface area contributed by atoms with Crippen LogP contribution >= 0.6 is 0 Å². The number of nitrogens with zero attached hydrogens (tertiary/aromatic N) is 2. The number of hydrogen-bond donors (Lipinski definition) is 1. The van der Waals surface area contributed by atoms with E-state index in [-0.39, 0.29) is 20.2 Å². The molecule has 0 aliphatic carbocycles. The van der Waals surface area contributed by atoms with E-state index < -0.39 is 64.0 Å². The maximum absolute atomic E-state index is 7.50. The molecule has 5 atom stereocenters. The molecule has 0 radical (unpaired) electrons. The van der Waals surface area contributed by atoms with Crippen LogP contribution in [0.2, 0.25) is 72.5 Å². The lowest BCUT2D eigenvalue weighted by Gasteiger charge is -2.54. The molecular formula is C36H80N3O8Si4+. The van der Waals surface area contributed by atoms with Gasteiger partial charge in [-0.3, -0.25) is 0 Å². The topological polar surface area (TPSA) is 124 Å². The van der Waals surface area contributed by atoms with Gasteiger partial charge in [0, 0.05) is 0 Å². The summed E-state index contributed by atoms with van der Waals surface area (Å²) in [5, 5.41) is 3.51. The van der Waals surface area contributed by atoms with Gasteiger partial charge in [-0.1, -0.05) is 83.1 Å². The number of rotatable bonds is 19. The summed E-state index contributed by atoms with van der Waals surface area (Å²) in [4.78, 5) is 3.00. The van der Waals surface area contributed by atoms with E-state index in [0.717, 1.165) is 0 Å². The molecule has 0 amide bonds. The minimum absolute atomic E-state index is 0.0325. The van der Waals surface area contributed by atoms with Crippen molar-refractivity contribution < 1.29 is 36.7 Å².